The molecule has 0 saturated carbocycles. The second kappa shape index (κ2) is 18.0. The summed E-state index contributed by atoms with van der Waals surface area (Å²) in [7, 11) is 1.24. The molecular weight excluding hydrogens is 528 g/mol. The number of ether oxygens (including phenoxy) is 2. The van der Waals surface area contributed by atoms with Gasteiger partial charge in [-0.15, -0.1) is 6.58 Å². The molecule has 1 atom stereocenters. The van der Waals surface area contributed by atoms with Gasteiger partial charge in [-0.2, -0.15) is 0 Å². The van der Waals surface area contributed by atoms with Gasteiger partial charge in [0, 0.05) is 5.57 Å². The van der Waals surface area contributed by atoms with Gasteiger partial charge in [0.25, 0.3) is 5.91 Å². The smallest absolute Gasteiger partial charge is 0.407 e. The van der Waals surface area contributed by atoms with Crippen LogP contribution in [0.5, 0.6) is 0 Å². The van der Waals surface area contributed by atoms with Gasteiger partial charge in [-0.05, 0) is 116 Å². The fourth-order valence-corrected chi connectivity index (χ4v) is 4.42. The van der Waals surface area contributed by atoms with Crippen LogP contribution in [-0.4, -0.2) is 43.3 Å². The van der Waals surface area contributed by atoms with Gasteiger partial charge in [0.15, 0.2) is 0 Å². The fraction of sp³-hybridized carbons (Fsp3) is 0.514. The SMILES string of the molecule is C=CCCc1cccc(CCCC/C(C)=C/C(C)=C(/C(=O)N[C@@H](CNC(=O)OC(C)(C)C)C(=O)OC)C(C)=C(C)C)c1. The van der Waals surface area contributed by atoms with Gasteiger partial charge in [0.05, 0.1) is 13.7 Å². The number of amides is 2. The number of benzene rings is 1. The number of nitrogens with one attached hydrogen (secondary N) is 2. The van der Waals surface area contributed by atoms with Crippen molar-refractivity contribution in [1.29, 1.82) is 0 Å². The normalized spacial score (nSPS) is 12.9. The second-order valence-electron chi connectivity index (χ2n) is 12.0. The summed E-state index contributed by atoms with van der Waals surface area (Å²) in [5.41, 5.74) is 6.31. The molecule has 1 rings (SSSR count). The first kappa shape index (κ1) is 36.4. The third kappa shape index (κ3) is 13.8. The van der Waals surface area contributed by atoms with Crippen molar-refractivity contribution in [3.05, 3.63) is 82.0 Å². The highest BCUT2D eigenvalue weighted by molar-refractivity contribution is 6.01. The van der Waals surface area contributed by atoms with Crippen LogP contribution in [0.25, 0.3) is 0 Å². The van der Waals surface area contributed by atoms with Crippen molar-refractivity contribution in [1.82, 2.24) is 10.6 Å². The number of rotatable bonds is 15. The first-order valence-corrected chi connectivity index (χ1v) is 14.7. The van der Waals surface area contributed by atoms with Gasteiger partial charge in [0.2, 0.25) is 0 Å². The van der Waals surface area contributed by atoms with Crippen LogP contribution < -0.4 is 10.6 Å². The number of carbonyl (C=O) groups is 3. The van der Waals surface area contributed by atoms with Crippen LogP contribution in [0.1, 0.15) is 92.2 Å². The van der Waals surface area contributed by atoms with Crippen LogP contribution >= 0.6 is 0 Å². The molecule has 0 aromatic heterocycles. The zero-order chi connectivity index (χ0) is 31.9. The summed E-state index contributed by atoms with van der Waals surface area (Å²) in [6.45, 7) is 18.6. The molecule has 42 heavy (non-hydrogen) atoms. The third-order valence-electron chi connectivity index (χ3n) is 6.76. The van der Waals surface area contributed by atoms with Crippen LogP contribution in [-0.2, 0) is 31.9 Å². The minimum absolute atomic E-state index is 0.167. The zero-order valence-electron chi connectivity index (χ0n) is 27.2. The number of methoxy groups -OCH3 is 1. The summed E-state index contributed by atoms with van der Waals surface area (Å²) >= 11 is 0. The van der Waals surface area contributed by atoms with Crippen molar-refractivity contribution in [2.45, 2.75) is 106 Å². The average Bonchev–Trinajstić information content (AvgIpc) is 2.91. The summed E-state index contributed by atoms with van der Waals surface area (Å²) < 4.78 is 10.1. The van der Waals surface area contributed by atoms with E-state index in [9.17, 15) is 14.4 Å². The number of aryl methyl sites for hydroxylation is 2. The molecule has 0 heterocycles. The van der Waals surface area contributed by atoms with E-state index in [2.05, 4.69) is 48.4 Å². The Kier molecular flexibility index (Phi) is 15.6. The fourth-order valence-electron chi connectivity index (χ4n) is 4.42. The molecule has 2 N–H and O–H groups in total. The van der Waals surface area contributed by atoms with E-state index in [0.29, 0.717) is 5.57 Å². The van der Waals surface area contributed by atoms with Gasteiger partial charge in [-0.25, -0.2) is 9.59 Å². The molecule has 0 spiro atoms. The van der Waals surface area contributed by atoms with Crippen molar-refractivity contribution >= 4 is 18.0 Å². The molecule has 0 fully saturated rings. The molecule has 7 heteroatoms. The summed E-state index contributed by atoms with van der Waals surface area (Å²) in [5.74, 6) is -1.07. The number of allylic oxidation sites excluding steroid dienone is 5. The van der Waals surface area contributed by atoms with Gasteiger partial charge < -0.3 is 20.1 Å². The maximum Gasteiger partial charge on any atom is 0.407 e. The van der Waals surface area contributed by atoms with Crippen LogP contribution in [0, 0.1) is 0 Å². The second-order valence-corrected chi connectivity index (χ2v) is 12.0. The lowest BCUT2D eigenvalue weighted by Gasteiger charge is -2.22. The first-order chi connectivity index (χ1) is 19.7. The predicted molar refractivity (Wildman–Crippen MR) is 171 cm³/mol. The summed E-state index contributed by atoms with van der Waals surface area (Å²) in [4.78, 5) is 38.1. The molecule has 232 valence electrons. The van der Waals surface area contributed by atoms with Gasteiger partial charge in [0.1, 0.15) is 11.6 Å². The molecule has 0 bridgehead atoms. The molecule has 0 unspecified atom stereocenters. The minimum Gasteiger partial charge on any atom is -0.467 e. The Balaban J connectivity index is 2.98. The number of unbranched alkanes of at least 4 members (excludes halogenated alkanes) is 1. The number of carbonyl (C=O) groups excluding carboxylic acids is 3. The molecule has 1 aromatic carbocycles. The average molecular weight is 581 g/mol. The van der Waals surface area contributed by atoms with Crippen molar-refractivity contribution in [2.24, 2.45) is 0 Å². The highest BCUT2D eigenvalue weighted by Gasteiger charge is 2.26. The Labute approximate surface area is 253 Å². The predicted octanol–water partition coefficient (Wildman–Crippen LogP) is 7.32. The Morgan fingerprint density at radius 3 is 2.21 bits per heavy atom. The van der Waals surface area contributed by atoms with Crippen LogP contribution in [0.15, 0.2) is 70.9 Å². The molecule has 0 aliphatic rings. The zero-order valence-corrected chi connectivity index (χ0v) is 27.2. The van der Waals surface area contributed by atoms with Crippen LogP contribution in [0.3, 0.4) is 0 Å². The van der Waals surface area contributed by atoms with Crippen molar-refractivity contribution in [2.75, 3.05) is 13.7 Å². The van der Waals surface area contributed by atoms with Crippen LogP contribution in [0.2, 0.25) is 0 Å². The number of alkyl carbamates (subject to hydrolysis) is 1. The lowest BCUT2D eigenvalue weighted by Crippen LogP contribution is -2.50. The molecule has 1 aromatic rings. The van der Waals surface area contributed by atoms with E-state index in [4.69, 9.17) is 9.47 Å². The van der Waals surface area contributed by atoms with E-state index in [-0.39, 0.29) is 6.54 Å². The monoisotopic (exact) mass is 580 g/mol. The molecule has 0 aliphatic heterocycles. The largest absolute Gasteiger partial charge is 0.467 e. The van der Waals surface area contributed by atoms with Gasteiger partial charge >= 0.3 is 12.1 Å². The van der Waals surface area contributed by atoms with Gasteiger partial charge in [-0.3, -0.25) is 4.79 Å². The number of hydrogen-bond donors (Lipinski definition) is 2. The molecule has 2 amide bonds. The summed E-state index contributed by atoms with van der Waals surface area (Å²) in [6, 6.07) is 7.69. The highest BCUT2D eigenvalue weighted by Crippen LogP contribution is 2.22. The topological polar surface area (TPSA) is 93.7 Å². The minimum atomic E-state index is -1.08. The van der Waals surface area contributed by atoms with E-state index in [1.54, 1.807) is 20.8 Å². The molecule has 0 saturated heterocycles. The van der Waals surface area contributed by atoms with Crippen molar-refractivity contribution in [3.63, 3.8) is 0 Å². The third-order valence-corrected chi connectivity index (χ3v) is 6.76. The lowest BCUT2D eigenvalue weighted by molar-refractivity contribution is -0.144. The maximum absolute atomic E-state index is 13.5. The number of esters is 1. The quantitative estimate of drug-likeness (QED) is 0.0745. The van der Waals surface area contributed by atoms with E-state index in [0.717, 1.165) is 55.2 Å². The van der Waals surface area contributed by atoms with E-state index in [1.807, 2.05) is 39.8 Å². The van der Waals surface area contributed by atoms with Crippen molar-refractivity contribution < 1.29 is 23.9 Å². The maximum atomic E-state index is 13.5. The lowest BCUT2D eigenvalue weighted by atomic mass is 9.95. The Morgan fingerprint density at radius 1 is 1.00 bits per heavy atom. The van der Waals surface area contributed by atoms with Crippen molar-refractivity contribution in [3.8, 4) is 0 Å². The highest BCUT2D eigenvalue weighted by atomic mass is 16.6. The Hall–Kier alpha value is -3.61. The summed E-state index contributed by atoms with van der Waals surface area (Å²) in [5, 5.41) is 5.30. The van der Waals surface area contributed by atoms with Gasteiger partial charge in [-0.1, -0.05) is 47.6 Å². The van der Waals surface area contributed by atoms with E-state index >= 15 is 0 Å². The summed E-state index contributed by atoms with van der Waals surface area (Å²) in [6.07, 6.45) is 9.38. The molecule has 7 nitrogen and oxygen atoms in total. The Bertz CT molecular complexity index is 1180. The Morgan fingerprint density at radius 2 is 1.64 bits per heavy atom. The van der Waals surface area contributed by atoms with E-state index in [1.165, 1.54) is 23.8 Å². The van der Waals surface area contributed by atoms with Crippen LogP contribution in [0.4, 0.5) is 4.79 Å². The molecule has 0 aliphatic carbocycles. The number of hydrogen-bond acceptors (Lipinski definition) is 5. The standard InChI is InChI=1S/C35H52N2O5/c1-11-12-17-28-19-15-20-29(22-28)18-14-13-16-25(4)21-26(5)31(27(6)24(2)3)32(38)37-30(33(39)41-10)23-36-34(40)42-35(7,8)9/h11,15,19-22,30H,1,12-14,16-18,23H2,2-10H3,(H,36,40)(H,37,38)/b25-21+,31-26+/t30-/m0/s1. The molecular formula is C35H52N2O5. The van der Waals surface area contributed by atoms with E-state index < -0.39 is 29.6 Å². The first-order valence-electron chi connectivity index (χ1n) is 14.7. The molecule has 0 radical (unpaired) electrons.